The lowest BCUT2D eigenvalue weighted by molar-refractivity contribution is -0.122. The number of nitrogens with one attached hydrogen (secondary N) is 2. The third-order valence-electron chi connectivity index (χ3n) is 4.07. The summed E-state index contributed by atoms with van der Waals surface area (Å²) in [4.78, 5) is 20.3. The van der Waals surface area contributed by atoms with Gasteiger partial charge in [-0.15, -0.1) is 0 Å². The topological polar surface area (TPSA) is 104 Å². The molecule has 0 radical (unpaired) electrons. The summed E-state index contributed by atoms with van der Waals surface area (Å²) in [5.41, 5.74) is 8.15. The number of hydrogen-bond acceptors (Lipinski definition) is 4. The molecule has 0 saturated carbocycles. The molecule has 3 aromatic rings. The van der Waals surface area contributed by atoms with Crippen LogP contribution in [-0.2, 0) is 11.2 Å². The van der Waals surface area contributed by atoms with Gasteiger partial charge in [-0.05, 0) is 50.1 Å². The van der Waals surface area contributed by atoms with Crippen molar-refractivity contribution in [1.82, 2.24) is 15.3 Å². The van der Waals surface area contributed by atoms with Gasteiger partial charge in [-0.25, -0.2) is 4.98 Å². The molecule has 2 aromatic carbocycles. The van der Waals surface area contributed by atoms with Gasteiger partial charge in [-0.1, -0.05) is 24.3 Å². The number of carbonyl (C=O) groups is 1. The van der Waals surface area contributed by atoms with E-state index in [1.807, 2.05) is 50.2 Å². The molecule has 5 N–H and O–H groups in total. The zero-order valence-electron chi connectivity index (χ0n) is 15.0. The van der Waals surface area contributed by atoms with E-state index < -0.39 is 5.54 Å². The van der Waals surface area contributed by atoms with Gasteiger partial charge in [-0.3, -0.25) is 4.79 Å². The molecule has 1 heterocycles. The third-order valence-corrected chi connectivity index (χ3v) is 4.07. The number of rotatable bonds is 6. The van der Waals surface area contributed by atoms with E-state index in [0.717, 1.165) is 16.6 Å². The highest BCUT2D eigenvalue weighted by Gasteiger charge is 2.22. The molecule has 0 aliphatic rings. The Balaban J connectivity index is 1.87. The van der Waals surface area contributed by atoms with E-state index in [-0.39, 0.29) is 24.1 Å². The molecule has 1 unspecified atom stereocenters. The number of carbonyl (C=O) groups excluding carboxylic acids is 1. The summed E-state index contributed by atoms with van der Waals surface area (Å²) in [7, 11) is 0. The zero-order valence-corrected chi connectivity index (χ0v) is 15.0. The van der Waals surface area contributed by atoms with E-state index in [1.54, 1.807) is 12.1 Å². The molecule has 0 aliphatic heterocycles. The van der Waals surface area contributed by atoms with E-state index in [2.05, 4.69) is 15.3 Å². The van der Waals surface area contributed by atoms with Gasteiger partial charge in [0.15, 0.2) is 0 Å². The minimum absolute atomic E-state index is 0.123. The summed E-state index contributed by atoms with van der Waals surface area (Å²) < 4.78 is 0. The van der Waals surface area contributed by atoms with Crippen molar-refractivity contribution in [2.75, 3.05) is 0 Å². The van der Waals surface area contributed by atoms with Crippen LogP contribution in [0.2, 0.25) is 0 Å². The summed E-state index contributed by atoms with van der Waals surface area (Å²) in [5, 5.41) is 12.5. The van der Waals surface area contributed by atoms with Gasteiger partial charge in [0.05, 0.1) is 17.1 Å². The lowest BCUT2D eigenvalue weighted by Crippen LogP contribution is -2.40. The molecular formula is C20H24N4O2. The molecule has 1 atom stereocenters. The molecule has 26 heavy (non-hydrogen) atoms. The van der Waals surface area contributed by atoms with E-state index in [0.29, 0.717) is 12.2 Å². The predicted octanol–water partition coefficient (Wildman–Crippen LogP) is 2.80. The third kappa shape index (κ3) is 4.61. The van der Waals surface area contributed by atoms with Crippen LogP contribution in [0.15, 0.2) is 48.5 Å². The molecule has 1 aromatic heterocycles. The maximum atomic E-state index is 12.4. The average Bonchev–Trinajstić information content (AvgIpc) is 2.98. The first-order valence-corrected chi connectivity index (χ1v) is 8.61. The maximum Gasteiger partial charge on any atom is 0.222 e. The highest BCUT2D eigenvalue weighted by atomic mass is 16.3. The fourth-order valence-electron chi connectivity index (χ4n) is 2.88. The standard InChI is InChI=1S/C20H24N4O2/c1-20(2,21)12-18(26)22-17(11-13-7-9-14(25)10-8-13)19-23-15-5-3-4-6-16(15)24-19/h3-10,17,25H,11-12,21H2,1-2H3,(H,22,26)(H,23,24). The van der Waals surface area contributed by atoms with Crippen molar-refractivity contribution in [3.63, 3.8) is 0 Å². The second-order valence-corrected chi connectivity index (χ2v) is 7.30. The highest BCUT2D eigenvalue weighted by molar-refractivity contribution is 5.78. The lowest BCUT2D eigenvalue weighted by atomic mass is 10.0. The number of fused-ring (bicyclic) bond motifs is 1. The first kappa shape index (κ1) is 17.9. The van der Waals surface area contributed by atoms with Crippen molar-refractivity contribution in [2.24, 2.45) is 5.73 Å². The summed E-state index contributed by atoms with van der Waals surface area (Å²) in [6.07, 6.45) is 0.774. The summed E-state index contributed by atoms with van der Waals surface area (Å²) in [6, 6.07) is 14.4. The molecule has 6 nitrogen and oxygen atoms in total. The minimum atomic E-state index is -0.582. The van der Waals surface area contributed by atoms with Gasteiger partial charge in [0, 0.05) is 12.0 Å². The maximum absolute atomic E-state index is 12.4. The number of imidazole rings is 1. The predicted molar refractivity (Wildman–Crippen MR) is 102 cm³/mol. The number of nitrogens with two attached hydrogens (primary N) is 1. The Morgan fingerprint density at radius 3 is 2.58 bits per heavy atom. The smallest absolute Gasteiger partial charge is 0.222 e. The molecule has 0 saturated heterocycles. The number of aromatic amines is 1. The Morgan fingerprint density at radius 2 is 1.92 bits per heavy atom. The van der Waals surface area contributed by atoms with Crippen LogP contribution >= 0.6 is 0 Å². The molecule has 1 amide bonds. The molecule has 136 valence electrons. The molecule has 0 bridgehead atoms. The van der Waals surface area contributed by atoms with Crippen LogP contribution in [0.1, 0.15) is 37.7 Å². The van der Waals surface area contributed by atoms with Crippen molar-refractivity contribution in [3.8, 4) is 5.75 Å². The number of benzene rings is 2. The molecule has 0 fully saturated rings. The number of aromatic hydroxyl groups is 1. The number of hydrogen-bond donors (Lipinski definition) is 4. The van der Waals surface area contributed by atoms with Crippen molar-refractivity contribution in [1.29, 1.82) is 0 Å². The quantitative estimate of drug-likeness (QED) is 0.547. The fraction of sp³-hybridized carbons (Fsp3) is 0.300. The number of para-hydroxylation sites is 2. The monoisotopic (exact) mass is 352 g/mol. The second-order valence-electron chi connectivity index (χ2n) is 7.30. The van der Waals surface area contributed by atoms with E-state index >= 15 is 0 Å². The van der Waals surface area contributed by atoms with Gasteiger partial charge < -0.3 is 21.1 Å². The van der Waals surface area contributed by atoms with E-state index in [4.69, 9.17) is 5.73 Å². The molecular weight excluding hydrogens is 328 g/mol. The number of phenols is 1. The van der Waals surface area contributed by atoms with Crippen LogP contribution < -0.4 is 11.1 Å². The SMILES string of the molecule is CC(C)(N)CC(=O)NC(Cc1ccc(O)cc1)c1nc2ccccc2[nH]1. The summed E-state index contributed by atoms with van der Waals surface area (Å²) in [5.74, 6) is 0.784. The molecule has 0 aliphatic carbocycles. The van der Waals surface area contributed by atoms with Gasteiger partial charge in [0.1, 0.15) is 11.6 Å². The van der Waals surface area contributed by atoms with Gasteiger partial charge in [-0.2, -0.15) is 0 Å². The largest absolute Gasteiger partial charge is 0.508 e. The zero-order chi connectivity index (χ0) is 18.7. The molecule has 0 spiro atoms. The highest BCUT2D eigenvalue weighted by Crippen LogP contribution is 2.21. The Hall–Kier alpha value is -2.86. The average molecular weight is 352 g/mol. The van der Waals surface area contributed by atoms with Crippen LogP contribution in [0.5, 0.6) is 5.75 Å². The van der Waals surface area contributed by atoms with Gasteiger partial charge in [0.25, 0.3) is 0 Å². The fourth-order valence-corrected chi connectivity index (χ4v) is 2.88. The van der Waals surface area contributed by atoms with Crippen LogP contribution in [0.25, 0.3) is 11.0 Å². The first-order valence-electron chi connectivity index (χ1n) is 8.61. The van der Waals surface area contributed by atoms with Crippen LogP contribution in [0, 0.1) is 0 Å². The number of phenolic OH excluding ortho intramolecular Hbond substituents is 1. The Labute approximate surface area is 152 Å². The van der Waals surface area contributed by atoms with Crippen molar-refractivity contribution < 1.29 is 9.90 Å². The minimum Gasteiger partial charge on any atom is -0.508 e. The van der Waals surface area contributed by atoms with Crippen molar-refractivity contribution in [3.05, 3.63) is 59.9 Å². The van der Waals surface area contributed by atoms with Crippen LogP contribution in [0.3, 0.4) is 0 Å². The second kappa shape index (κ2) is 7.17. The van der Waals surface area contributed by atoms with Crippen molar-refractivity contribution in [2.45, 2.75) is 38.3 Å². The Kier molecular flexibility index (Phi) is 4.95. The van der Waals surface area contributed by atoms with Gasteiger partial charge in [0.2, 0.25) is 5.91 Å². The number of aromatic nitrogens is 2. The Morgan fingerprint density at radius 1 is 1.23 bits per heavy atom. The molecule has 3 rings (SSSR count). The first-order chi connectivity index (χ1) is 12.3. The summed E-state index contributed by atoms with van der Waals surface area (Å²) in [6.45, 7) is 3.64. The summed E-state index contributed by atoms with van der Waals surface area (Å²) >= 11 is 0. The number of H-pyrrole nitrogens is 1. The van der Waals surface area contributed by atoms with Gasteiger partial charge >= 0.3 is 0 Å². The van der Waals surface area contributed by atoms with Crippen molar-refractivity contribution >= 4 is 16.9 Å². The van der Waals surface area contributed by atoms with E-state index in [9.17, 15) is 9.90 Å². The molecule has 6 heteroatoms. The number of amides is 1. The van der Waals surface area contributed by atoms with Crippen LogP contribution in [0.4, 0.5) is 0 Å². The Bertz CT molecular complexity index is 861. The van der Waals surface area contributed by atoms with Crippen LogP contribution in [-0.4, -0.2) is 26.5 Å². The lowest BCUT2D eigenvalue weighted by Gasteiger charge is -2.21. The number of nitrogens with zero attached hydrogens (tertiary/aromatic N) is 1. The normalized spacial score (nSPS) is 12.9. The van der Waals surface area contributed by atoms with E-state index in [1.165, 1.54) is 0 Å².